The summed E-state index contributed by atoms with van der Waals surface area (Å²) in [7, 11) is 0. The van der Waals surface area contributed by atoms with E-state index in [0.717, 1.165) is 0 Å². The molecule has 0 spiro atoms. The van der Waals surface area contributed by atoms with Gasteiger partial charge in [-0.2, -0.15) is 0 Å². The Morgan fingerprint density at radius 2 is 1.25 bits per heavy atom. The molecule has 0 aliphatic rings. The van der Waals surface area contributed by atoms with Crippen molar-refractivity contribution in [2.24, 2.45) is 0 Å². The largest absolute Gasteiger partial charge is 0.344 e. The lowest BCUT2D eigenvalue weighted by Gasteiger charge is -0.837. The van der Waals surface area contributed by atoms with E-state index in [1.165, 1.54) is 0 Å². The first-order chi connectivity index (χ1) is 1.00. The minimum absolute atomic E-state index is 0. The van der Waals surface area contributed by atoms with Crippen LogP contribution in [0.2, 0.25) is 0 Å². The molecule has 4 heavy (non-hydrogen) atoms. The lowest BCUT2D eigenvalue weighted by atomic mass is 11.9. The fourth-order valence-electron chi connectivity index (χ4n) is 0. The molecule has 0 rings (SSSR count). The molecule has 0 aromatic carbocycles. The van der Waals surface area contributed by atoms with Crippen LogP contribution in [0, 0.1) is 0 Å². The Balaban J connectivity index is -0.00000000500. The van der Waals surface area contributed by atoms with Crippen LogP contribution in [-0.2, 0) is 4.79 Å². The van der Waals surface area contributed by atoms with Crippen LogP contribution in [0.15, 0.2) is 0 Å². The molecule has 3 N–H and O–H groups in total. The van der Waals surface area contributed by atoms with Crippen LogP contribution in [0.4, 0.5) is 0 Å². The van der Waals surface area contributed by atoms with Gasteiger partial charge < -0.3 is 10.9 Å². The van der Waals surface area contributed by atoms with Crippen molar-refractivity contribution < 1.29 is 4.79 Å². The second-order valence-electron chi connectivity index (χ2n) is 0. The molecule has 0 aliphatic carbocycles. The van der Waals surface area contributed by atoms with Gasteiger partial charge in [0.25, 0.3) is 0 Å². The average molecular weight is 63.1 g/mol. The predicted octanol–water partition coefficient (Wildman–Crippen LogP) is 0.613. The summed E-state index contributed by atoms with van der Waals surface area (Å²) in [5.41, 5.74) is 0. The molecule has 0 saturated carbocycles. The zero-order chi connectivity index (χ0) is 2.00. The Morgan fingerprint density at radius 1 is 1.25 bits per heavy atom. The van der Waals surface area contributed by atoms with Crippen LogP contribution in [0.1, 0.15) is 7.43 Å². The maximum atomic E-state index is 8.00. The first-order valence-corrected chi connectivity index (χ1v) is 0.289. The van der Waals surface area contributed by atoms with Crippen LogP contribution in [0.25, 0.3) is 0 Å². The highest BCUT2D eigenvalue weighted by Gasteiger charge is 0.636. The molecule has 0 aromatic heterocycles. The van der Waals surface area contributed by atoms with Crippen molar-refractivity contribution in [3.8, 4) is 0 Å². The summed E-state index contributed by atoms with van der Waals surface area (Å²) in [6, 6.07) is 0. The Morgan fingerprint density at radius 3 is 1.25 bits per heavy atom. The lowest BCUT2D eigenvalue weighted by Crippen LogP contribution is -0.925. The van der Waals surface area contributed by atoms with E-state index in [9.17, 15) is 0 Å². The van der Waals surface area contributed by atoms with Gasteiger partial charge >= 0.3 is 0 Å². The zero-order valence-corrected chi connectivity index (χ0v) is 1.82. The lowest BCUT2D eigenvalue weighted by molar-refractivity contribution is -0.0979. The molecule has 0 radical (unpaired) electrons. The predicted molar refractivity (Wildman–Crippen MR) is 18.9 cm³/mol. The molecule has 0 bridgehead atoms. The third-order valence-corrected chi connectivity index (χ3v) is 0. The summed E-state index contributed by atoms with van der Waals surface area (Å²) < 4.78 is 0. The summed E-state index contributed by atoms with van der Waals surface area (Å²) in [5, 5.41) is 0. The second-order valence-corrected chi connectivity index (χ2v) is 0. The normalized spacial score (nSPS) is 1.00. The zero-order valence-electron chi connectivity index (χ0n) is 1.82. The van der Waals surface area contributed by atoms with Gasteiger partial charge in [-0.1, -0.05) is 7.43 Å². The fourth-order valence-corrected chi connectivity index (χ4v) is 0. The molecule has 2 heteroatoms. The third-order valence-electron chi connectivity index (χ3n) is 0. The average Bonchev–Trinajstić information content (AvgIpc) is 1.00. The minimum Gasteiger partial charge on any atom is -0.344 e. The van der Waals surface area contributed by atoms with E-state index < -0.39 is 0 Å². The van der Waals surface area contributed by atoms with Crippen molar-refractivity contribution in [3.63, 3.8) is 0 Å². The van der Waals surface area contributed by atoms with E-state index >= 15 is 0 Å². The van der Waals surface area contributed by atoms with Gasteiger partial charge in [0.1, 0.15) is 6.79 Å². The molecule has 0 saturated heterocycles. The Kier molecular flexibility index (Phi) is 807. The summed E-state index contributed by atoms with van der Waals surface area (Å²) >= 11 is 0. The number of rotatable bonds is 0. The van der Waals surface area contributed by atoms with Gasteiger partial charge in [0.2, 0.25) is 0 Å². The maximum Gasteiger partial charge on any atom is 0.106 e. The van der Waals surface area contributed by atoms with Crippen LogP contribution in [-0.4, -0.2) is 6.79 Å². The van der Waals surface area contributed by atoms with Crippen molar-refractivity contribution >= 4 is 6.79 Å². The van der Waals surface area contributed by atoms with Crippen LogP contribution in [0.5, 0.6) is 0 Å². The molecule has 0 unspecified atom stereocenters. The summed E-state index contributed by atoms with van der Waals surface area (Å²) in [6.07, 6.45) is 0. The van der Waals surface area contributed by atoms with Gasteiger partial charge in [0.15, 0.2) is 0 Å². The Labute approximate surface area is 26.4 Å². The van der Waals surface area contributed by atoms with Gasteiger partial charge in [0.05, 0.1) is 0 Å². The van der Waals surface area contributed by atoms with Gasteiger partial charge in [-0.15, -0.1) is 0 Å². The Hall–Kier alpha value is -0.370. The third kappa shape index (κ3) is 4.73. The fraction of sp³-hybridized carbons (Fsp3) is 0.500. The standard InChI is InChI=1S/CH2O.CH4.H3N/c1-2;;/h1H2;1H4;1H3. The molecule has 0 amide bonds. The van der Waals surface area contributed by atoms with Crippen molar-refractivity contribution in [2.75, 3.05) is 0 Å². The second kappa shape index (κ2) is 51.0. The van der Waals surface area contributed by atoms with E-state index in [-0.39, 0.29) is 13.6 Å². The van der Waals surface area contributed by atoms with Crippen molar-refractivity contribution in [3.05, 3.63) is 0 Å². The topological polar surface area (TPSA) is 52.1 Å². The molecule has 0 fully saturated rings. The van der Waals surface area contributed by atoms with Crippen LogP contribution in [0.3, 0.4) is 0 Å². The number of hydrogen-bond acceptors (Lipinski definition) is 2. The molecular weight excluding hydrogens is 54.0 g/mol. The number of carbonyl (C=O) groups excluding carboxylic acids is 1. The van der Waals surface area contributed by atoms with E-state index in [2.05, 4.69) is 0 Å². The highest BCUT2D eigenvalue weighted by Crippen LogP contribution is 0.494. The molecule has 0 aromatic rings. The highest BCUT2D eigenvalue weighted by molar-refractivity contribution is 5.10. The molecule has 0 heterocycles. The van der Waals surface area contributed by atoms with E-state index in [1.807, 2.05) is 6.79 Å². The highest BCUT2D eigenvalue weighted by atomic mass is 16.1. The van der Waals surface area contributed by atoms with Crippen molar-refractivity contribution in [1.82, 2.24) is 6.15 Å². The SMILES string of the molecule is C.C=O.N. The summed E-state index contributed by atoms with van der Waals surface area (Å²) in [4.78, 5) is 8.00. The van der Waals surface area contributed by atoms with E-state index in [4.69, 9.17) is 4.79 Å². The van der Waals surface area contributed by atoms with Crippen molar-refractivity contribution in [1.29, 1.82) is 0 Å². The quantitative estimate of drug-likeness (QED) is 0.448. The van der Waals surface area contributed by atoms with E-state index in [0.29, 0.717) is 0 Å². The summed E-state index contributed by atoms with van der Waals surface area (Å²) in [6.45, 7) is 2.00. The van der Waals surface area contributed by atoms with Crippen LogP contribution < -0.4 is 6.15 Å². The minimum atomic E-state index is 0. The van der Waals surface area contributed by atoms with Gasteiger partial charge in [-0.25, -0.2) is 0 Å². The van der Waals surface area contributed by atoms with Gasteiger partial charge in [-0.05, 0) is 0 Å². The van der Waals surface area contributed by atoms with Crippen molar-refractivity contribution in [2.45, 2.75) is 7.43 Å². The molecule has 2 nitrogen and oxygen atoms in total. The first kappa shape index (κ1) is 63.3. The Bertz CT molecular complexity index is 6.00. The van der Waals surface area contributed by atoms with E-state index in [1.54, 1.807) is 0 Å². The molecular formula is C2H9NO. The molecule has 0 atom stereocenters. The molecule has 0 aliphatic heterocycles. The number of hydrogen-bond donors (Lipinski definition) is 1. The van der Waals surface area contributed by atoms with Gasteiger partial charge in [-0.3, -0.25) is 0 Å². The molecule has 28 valence electrons. The first-order valence-electron chi connectivity index (χ1n) is 0.289. The monoisotopic (exact) mass is 63.1 g/mol. The smallest absolute Gasteiger partial charge is 0.106 e. The maximum absolute atomic E-state index is 8.00. The summed E-state index contributed by atoms with van der Waals surface area (Å²) in [5.74, 6) is 0. The van der Waals surface area contributed by atoms with Crippen LogP contribution >= 0.6 is 0 Å². The number of carbonyl (C=O) groups is 1. The van der Waals surface area contributed by atoms with Gasteiger partial charge in [0, 0.05) is 0 Å².